The quantitative estimate of drug-likeness (QED) is 0.314. The van der Waals surface area contributed by atoms with E-state index >= 15 is 0 Å². The SMILES string of the molecule is CCO[SiH](C=CCCCC(C1CCCCC1)C1CCCCC1)OCC. The Morgan fingerprint density at radius 1 is 0.840 bits per heavy atom. The zero-order valence-corrected chi connectivity index (χ0v) is 18.0. The van der Waals surface area contributed by atoms with Crippen LogP contribution in [0.5, 0.6) is 0 Å². The molecule has 0 unspecified atom stereocenters. The van der Waals surface area contributed by atoms with Gasteiger partial charge in [0.1, 0.15) is 0 Å². The van der Waals surface area contributed by atoms with Crippen LogP contribution in [0.2, 0.25) is 0 Å². The van der Waals surface area contributed by atoms with Gasteiger partial charge in [0, 0.05) is 13.2 Å². The van der Waals surface area contributed by atoms with E-state index in [2.05, 4.69) is 25.6 Å². The van der Waals surface area contributed by atoms with Gasteiger partial charge < -0.3 is 8.85 Å². The molecule has 25 heavy (non-hydrogen) atoms. The highest BCUT2D eigenvalue weighted by Gasteiger charge is 2.30. The van der Waals surface area contributed by atoms with E-state index in [1.165, 1.54) is 83.5 Å². The standard InChI is InChI=1S/C22H42O2Si/c1-3-23-25(24-4-2)19-13-7-12-18-22(20-14-8-5-9-15-20)21-16-10-6-11-17-21/h13,19-22,25H,3-12,14-18H2,1-2H3. The molecular formula is C22H42O2Si. The average Bonchev–Trinajstić information content (AvgIpc) is 2.66. The minimum atomic E-state index is -1.54. The maximum Gasteiger partial charge on any atom is 0.348 e. The molecule has 0 spiro atoms. The molecule has 0 amide bonds. The number of rotatable bonds is 11. The van der Waals surface area contributed by atoms with Crippen LogP contribution in [-0.2, 0) is 8.85 Å². The molecule has 0 radical (unpaired) electrons. The fourth-order valence-corrected chi connectivity index (χ4v) is 6.54. The highest BCUT2D eigenvalue weighted by molar-refractivity contribution is 6.50. The zero-order chi connectivity index (χ0) is 17.7. The van der Waals surface area contributed by atoms with E-state index in [0.717, 1.165) is 31.0 Å². The molecule has 0 aromatic rings. The molecule has 0 saturated heterocycles. The Labute approximate surface area is 158 Å². The summed E-state index contributed by atoms with van der Waals surface area (Å²) in [4.78, 5) is 0. The summed E-state index contributed by atoms with van der Waals surface area (Å²) in [6, 6.07) is 0. The van der Waals surface area contributed by atoms with Gasteiger partial charge in [-0.25, -0.2) is 0 Å². The van der Waals surface area contributed by atoms with Crippen LogP contribution < -0.4 is 0 Å². The number of hydrogen-bond acceptors (Lipinski definition) is 2. The zero-order valence-electron chi connectivity index (χ0n) is 16.9. The Kier molecular flexibility index (Phi) is 11.1. The second kappa shape index (κ2) is 13.1. The molecule has 146 valence electrons. The normalized spacial score (nSPS) is 21.0. The third-order valence-corrected chi connectivity index (χ3v) is 8.28. The first-order valence-corrected chi connectivity index (χ1v) is 12.9. The molecule has 3 heteroatoms. The van der Waals surface area contributed by atoms with Gasteiger partial charge in [-0.15, -0.1) is 0 Å². The van der Waals surface area contributed by atoms with Crippen LogP contribution in [0.4, 0.5) is 0 Å². The lowest BCUT2D eigenvalue weighted by Gasteiger charge is -2.38. The van der Waals surface area contributed by atoms with Crippen molar-refractivity contribution >= 4 is 9.28 Å². The average molecular weight is 367 g/mol. The fourth-order valence-electron chi connectivity index (χ4n) is 5.15. The summed E-state index contributed by atoms with van der Waals surface area (Å²) in [5, 5.41) is 0. The molecule has 2 fully saturated rings. The van der Waals surface area contributed by atoms with Crippen LogP contribution >= 0.6 is 0 Å². The molecule has 2 aliphatic carbocycles. The lowest BCUT2D eigenvalue weighted by molar-refractivity contribution is 0.133. The molecule has 2 saturated carbocycles. The minimum Gasteiger partial charge on any atom is -0.394 e. The molecule has 0 aliphatic heterocycles. The van der Waals surface area contributed by atoms with Gasteiger partial charge in [-0.05, 0) is 56.6 Å². The predicted molar refractivity (Wildman–Crippen MR) is 110 cm³/mol. The van der Waals surface area contributed by atoms with E-state index in [0.29, 0.717) is 0 Å². The summed E-state index contributed by atoms with van der Waals surface area (Å²) in [5.41, 5.74) is 2.25. The van der Waals surface area contributed by atoms with E-state index in [4.69, 9.17) is 8.85 Å². The Bertz CT molecular complexity index is 322. The van der Waals surface area contributed by atoms with Crippen molar-refractivity contribution in [2.45, 2.75) is 97.3 Å². The first-order valence-electron chi connectivity index (χ1n) is 11.2. The van der Waals surface area contributed by atoms with Crippen LogP contribution in [0.15, 0.2) is 11.8 Å². The van der Waals surface area contributed by atoms with Gasteiger partial charge in [-0.3, -0.25) is 0 Å². The van der Waals surface area contributed by atoms with Crippen LogP contribution in [0, 0.1) is 17.8 Å². The highest BCUT2D eigenvalue weighted by atomic mass is 28.3. The summed E-state index contributed by atoms with van der Waals surface area (Å²) in [6.07, 6.45) is 21.3. The molecule has 2 nitrogen and oxygen atoms in total. The van der Waals surface area contributed by atoms with Crippen molar-refractivity contribution < 1.29 is 8.85 Å². The Morgan fingerprint density at radius 2 is 1.36 bits per heavy atom. The van der Waals surface area contributed by atoms with Crippen molar-refractivity contribution in [3.05, 3.63) is 11.8 Å². The second-order valence-electron chi connectivity index (χ2n) is 8.10. The summed E-state index contributed by atoms with van der Waals surface area (Å²) >= 11 is 0. The van der Waals surface area contributed by atoms with Gasteiger partial charge in [-0.1, -0.05) is 70.3 Å². The molecule has 2 rings (SSSR count). The van der Waals surface area contributed by atoms with Crippen molar-refractivity contribution in [1.29, 1.82) is 0 Å². The summed E-state index contributed by atoms with van der Waals surface area (Å²) in [6.45, 7) is 5.66. The smallest absolute Gasteiger partial charge is 0.348 e. The van der Waals surface area contributed by atoms with E-state index in [9.17, 15) is 0 Å². The predicted octanol–water partition coefficient (Wildman–Crippen LogP) is 6.32. The molecule has 0 aromatic carbocycles. The van der Waals surface area contributed by atoms with E-state index in [1.54, 1.807) is 0 Å². The molecule has 0 aromatic heterocycles. The second-order valence-corrected chi connectivity index (χ2v) is 9.89. The first-order chi connectivity index (χ1) is 12.3. The van der Waals surface area contributed by atoms with E-state index in [1.807, 2.05) is 0 Å². The van der Waals surface area contributed by atoms with Gasteiger partial charge in [0.05, 0.1) is 0 Å². The monoisotopic (exact) mass is 366 g/mol. The van der Waals surface area contributed by atoms with Crippen molar-refractivity contribution in [1.82, 2.24) is 0 Å². The van der Waals surface area contributed by atoms with Crippen LogP contribution in [0.25, 0.3) is 0 Å². The Hall–Kier alpha value is -0.123. The molecule has 2 aliphatic rings. The van der Waals surface area contributed by atoms with E-state index < -0.39 is 9.28 Å². The summed E-state index contributed by atoms with van der Waals surface area (Å²) < 4.78 is 11.5. The Balaban J connectivity index is 1.78. The third-order valence-electron chi connectivity index (χ3n) is 6.37. The van der Waals surface area contributed by atoms with Gasteiger partial charge >= 0.3 is 9.28 Å². The van der Waals surface area contributed by atoms with Crippen LogP contribution in [0.3, 0.4) is 0 Å². The minimum absolute atomic E-state index is 0.770. The number of unbranched alkanes of at least 4 members (excludes halogenated alkanes) is 1. The molecule has 0 N–H and O–H groups in total. The van der Waals surface area contributed by atoms with Gasteiger partial charge in [-0.2, -0.15) is 0 Å². The summed E-state index contributed by atoms with van der Waals surface area (Å²) in [5.74, 6) is 3.09. The first kappa shape index (κ1) is 21.2. The van der Waals surface area contributed by atoms with Crippen LogP contribution in [-0.4, -0.2) is 22.5 Å². The Morgan fingerprint density at radius 3 is 1.84 bits per heavy atom. The van der Waals surface area contributed by atoms with Gasteiger partial charge in [0.2, 0.25) is 0 Å². The molecule has 0 heterocycles. The molecular weight excluding hydrogens is 324 g/mol. The van der Waals surface area contributed by atoms with Crippen molar-refractivity contribution in [2.75, 3.05) is 13.2 Å². The van der Waals surface area contributed by atoms with Crippen molar-refractivity contribution in [3.8, 4) is 0 Å². The van der Waals surface area contributed by atoms with E-state index in [-0.39, 0.29) is 0 Å². The van der Waals surface area contributed by atoms with Crippen molar-refractivity contribution in [3.63, 3.8) is 0 Å². The van der Waals surface area contributed by atoms with Gasteiger partial charge in [0.25, 0.3) is 0 Å². The number of hydrogen-bond donors (Lipinski definition) is 0. The maximum absolute atomic E-state index is 5.73. The van der Waals surface area contributed by atoms with Crippen molar-refractivity contribution in [2.24, 2.45) is 17.8 Å². The fraction of sp³-hybridized carbons (Fsp3) is 0.909. The summed E-state index contributed by atoms with van der Waals surface area (Å²) in [7, 11) is -1.54. The third kappa shape index (κ3) is 7.97. The highest BCUT2D eigenvalue weighted by Crippen LogP contribution is 2.42. The van der Waals surface area contributed by atoms with Gasteiger partial charge in [0.15, 0.2) is 0 Å². The topological polar surface area (TPSA) is 18.5 Å². The van der Waals surface area contributed by atoms with Crippen LogP contribution in [0.1, 0.15) is 97.3 Å². The largest absolute Gasteiger partial charge is 0.394 e. The molecule has 0 bridgehead atoms. The lowest BCUT2D eigenvalue weighted by atomic mass is 9.68. The lowest BCUT2D eigenvalue weighted by Crippen LogP contribution is -2.27. The molecule has 0 atom stereocenters. The maximum atomic E-state index is 5.73. The number of allylic oxidation sites excluding steroid dienone is 1.